The molecule has 0 bridgehead atoms. The van der Waals surface area contributed by atoms with Crippen LogP contribution >= 0.6 is 27.7 Å². The van der Waals surface area contributed by atoms with Crippen LogP contribution in [0.5, 0.6) is 0 Å². The van der Waals surface area contributed by atoms with Gasteiger partial charge in [0.15, 0.2) is 0 Å². The van der Waals surface area contributed by atoms with Crippen molar-refractivity contribution in [3.63, 3.8) is 0 Å². The van der Waals surface area contributed by atoms with Gasteiger partial charge in [-0.25, -0.2) is 0 Å². The summed E-state index contributed by atoms with van der Waals surface area (Å²) in [6, 6.07) is 7.46. The van der Waals surface area contributed by atoms with Gasteiger partial charge >= 0.3 is 0 Å². The van der Waals surface area contributed by atoms with E-state index in [2.05, 4.69) is 64.6 Å². The van der Waals surface area contributed by atoms with Gasteiger partial charge in [-0.2, -0.15) is 11.8 Å². The molecule has 2 nitrogen and oxygen atoms in total. The minimum absolute atomic E-state index is 0.211. The monoisotopic (exact) mass is 342 g/mol. The lowest BCUT2D eigenvalue weighted by atomic mass is 10.1. The molecule has 3 atom stereocenters. The van der Waals surface area contributed by atoms with E-state index in [1.54, 1.807) is 0 Å². The molecule has 1 aliphatic heterocycles. The van der Waals surface area contributed by atoms with Crippen LogP contribution in [0.1, 0.15) is 26.3 Å². The number of nitrogens with zero attached hydrogens (tertiary/aromatic N) is 1. The van der Waals surface area contributed by atoms with E-state index in [-0.39, 0.29) is 6.04 Å². The first kappa shape index (κ1) is 15.2. The fraction of sp³-hybridized carbons (Fsp3) is 0.600. The second kappa shape index (κ2) is 6.51. The van der Waals surface area contributed by atoms with Gasteiger partial charge in [-0.05, 0) is 53.9 Å². The molecule has 2 N–H and O–H groups in total. The highest BCUT2D eigenvalue weighted by Crippen LogP contribution is 2.34. The van der Waals surface area contributed by atoms with E-state index in [0.29, 0.717) is 11.3 Å². The van der Waals surface area contributed by atoms with Crippen LogP contribution in [0.25, 0.3) is 0 Å². The SMILES string of the molecule is CC(N)Cc1ccc(N2CCSC(C)C2C)c(Br)c1. The Bertz CT molecular complexity index is 436. The van der Waals surface area contributed by atoms with Crippen molar-refractivity contribution in [1.29, 1.82) is 0 Å². The van der Waals surface area contributed by atoms with Gasteiger partial charge in [-0.15, -0.1) is 0 Å². The third-order valence-electron chi connectivity index (χ3n) is 3.76. The van der Waals surface area contributed by atoms with E-state index < -0.39 is 0 Å². The third-order valence-corrected chi connectivity index (χ3v) is 5.74. The lowest BCUT2D eigenvalue weighted by Crippen LogP contribution is -2.44. The summed E-state index contributed by atoms with van der Waals surface area (Å²) in [6.07, 6.45) is 0.931. The Labute approximate surface area is 129 Å². The van der Waals surface area contributed by atoms with Crippen LogP contribution in [-0.2, 0) is 6.42 Å². The van der Waals surface area contributed by atoms with Gasteiger partial charge < -0.3 is 10.6 Å². The average Bonchev–Trinajstić information content (AvgIpc) is 2.33. The molecular formula is C15H23BrN2S. The summed E-state index contributed by atoms with van der Waals surface area (Å²) in [7, 11) is 0. The topological polar surface area (TPSA) is 29.3 Å². The van der Waals surface area contributed by atoms with Gasteiger partial charge in [0, 0.05) is 34.1 Å². The van der Waals surface area contributed by atoms with E-state index >= 15 is 0 Å². The maximum absolute atomic E-state index is 5.87. The second-order valence-corrected chi connectivity index (χ2v) is 7.82. The van der Waals surface area contributed by atoms with Crippen LogP contribution in [0.15, 0.2) is 22.7 Å². The quantitative estimate of drug-likeness (QED) is 0.908. The molecule has 1 heterocycles. The zero-order valence-electron chi connectivity index (χ0n) is 11.9. The van der Waals surface area contributed by atoms with Gasteiger partial charge in [-0.3, -0.25) is 0 Å². The summed E-state index contributed by atoms with van der Waals surface area (Å²) < 4.78 is 1.19. The molecule has 0 aromatic heterocycles. The van der Waals surface area contributed by atoms with Crippen molar-refractivity contribution in [2.45, 2.75) is 44.5 Å². The molecule has 19 heavy (non-hydrogen) atoms. The molecule has 0 amide bonds. The summed E-state index contributed by atoms with van der Waals surface area (Å²) in [5.41, 5.74) is 8.48. The highest BCUT2D eigenvalue weighted by molar-refractivity contribution is 9.10. The normalized spacial score (nSPS) is 25.4. The zero-order chi connectivity index (χ0) is 14.0. The van der Waals surface area contributed by atoms with Crippen LogP contribution in [-0.4, -0.2) is 29.6 Å². The first-order chi connectivity index (χ1) is 8.99. The van der Waals surface area contributed by atoms with Crippen molar-refractivity contribution >= 4 is 33.4 Å². The van der Waals surface area contributed by atoms with Crippen LogP contribution < -0.4 is 10.6 Å². The Balaban J connectivity index is 2.20. The van der Waals surface area contributed by atoms with E-state index in [1.807, 2.05) is 6.92 Å². The summed E-state index contributed by atoms with van der Waals surface area (Å²) in [4.78, 5) is 2.51. The van der Waals surface area contributed by atoms with Crippen molar-refractivity contribution in [3.05, 3.63) is 28.2 Å². The standard InChI is InChI=1S/C15H23BrN2S/c1-10(17)8-13-4-5-15(14(16)9-13)18-6-7-19-12(3)11(18)2/h4-5,9-12H,6-8,17H2,1-3H3. The molecular weight excluding hydrogens is 320 g/mol. The summed E-state index contributed by atoms with van der Waals surface area (Å²) >= 11 is 5.80. The first-order valence-corrected chi connectivity index (χ1v) is 8.75. The molecule has 2 rings (SSSR count). The summed E-state index contributed by atoms with van der Waals surface area (Å²) in [5.74, 6) is 1.21. The fourth-order valence-corrected chi connectivity index (χ4v) is 4.31. The van der Waals surface area contributed by atoms with Gasteiger partial charge in [0.05, 0.1) is 5.69 Å². The second-order valence-electron chi connectivity index (χ2n) is 5.48. The zero-order valence-corrected chi connectivity index (χ0v) is 14.3. The Morgan fingerprint density at radius 1 is 1.47 bits per heavy atom. The number of anilines is 1. The maximum Gasteiger partial charge on any atom is 0.0513 e. The Kier molecular flexibility index (Phi) is 5.21. The van der Waals surface area contributed by atoms with Crippen molar-refractivity contribution in [1.82, 2.24) is 0 Å². The van der Waals surface area contributed by atoms with Crippen molar-refractivity contribution in [3.8, 4) is 0 Å². The smallest absolute Gasteiger partial charge is 0.0513 e. The van der Waals surface area contributed by atoms with Crippen LogP contribution in [0.3, 0.4) is 0 Å². The number of halogens is 1. The molecule has 0 saturated carbocycles. The Hall–Kier alpha value is -0.190. The third kappa shape index (κ3) is 3.67. The molecule has 4 heteroatoms. The van der Waals surface area contributed by atoms with E-state index in [9.17, 15) is 0 Å². The molecule has 1 fully saturated rings. The molecule has 1 aromatic carbocycles. The largest absolute Gasteiger partial charge is 0.366 e. The molecule has 1 saturated heterocycles. The van der Waals surface area contributed by atoms with E-state index in [4.69, 9.17) is 5.73 Å². The minimum Gasteiger partial charge on any atom is -0.366 e. The van der Waals surface area contributed by atoms with Crippen molar-refractivity contribution < 1.29 is 0 Å². The highest BCUT2D eigenvalue weighted by atomic mass is 79.9. The van der Waals surface area contributed by atoms with Gasteiger partial charge in [0.1, 0.15) is 0 Å². The lowest BCUT2D eigenvalue weighted by Gasteiger charge is -2.39. The van der Waals surface area contributed by atoms with Gasteiger partial charge in [0.25, 0.3) is 0 Å². The molecule has 106 valence electrons. The molecule has 0 spiro atoms. The number of rotatable bonds is 3. The number of hydrogen-bond acceptors (Lipinski definition) is 3. The minimum atomic E-state index is 0.211. The Morgan fingerprint density at radius 2 is 2.21 bits per heavy atom. The highest BCUT2D eigenvalue weighted by Gasteiger charge is 2.26. The van der Waals surface area contributed by atoms with Crippen LogP contribution in [0, 0.1) is 0 Å². The number of thioether (sulfide) groups is 1. The molecule has 1 aromatic rings. The molecule has 0 radical (unpaired) electrons. The average molecular weight is 343 g/mol. The first-order valence-electron chi connectivity index (χ1n) is 6.91. The summed E-state index contributed by atoms with van der Waals surface area (Å²) in [6.45, 7) is 7.81. The molecule has 0 aliphatic carbocycles. The van der Waals surface area contributed by atoms with E-state index in [1.165, 1.54) is 21.5 Å². The Morgan fingerprint density at radius 3 is 2.84 bits per heavy atom. The van der Waals surface area contributed by atoms with Crippen molar-refractivity contribution in [2.75, 3.05) is 17.2 Å². The van der Waals surface area contributed by atoms with Crippen LogP contribution in [0.2, 0.25) is 0 Å². The molecule has 1 aliphatic rings. The predicted molar refractivity (Wildman–Crippen MR) is 90.2 cm³/mol. The van der Waals surface area contributed by atoms with Crippen molar-refractivity contribution in [2.24, 2.45) is 5.73 Å². The number of hydrogen-bond donors (Lipinski definition) is 1. The predicted octanol–water partition coefficient (Wildman–Crippen LogP) is 3.67. The van der Waals surface area contributed by atoms with Gasteiger partial charge in [0.2, 0.25) is 0 Å². The summed E-state index contributed by atoms with van der Waals surface area (Å²) in [5, 5.41) is 0.685. The van der Waals surface area contributed by atoms with Gasteiger partial charge in [-0.1, -0.05) is 13.0 Å². The number of benzene rings is 1. The fourth-order valence-electron chi connectivity index (χ4n) is 2.56. The lowest BCUT2D eigenvalue weighted by molar-refractivity contribution is 0.626. The maximum atomic E-state index is 5.87. The van der Waals surface area contributed by atoms with Crippen LogP contribution in [0.4, 0.5) is 5.69 Å². The number of nitrogens with two attached hydrogens (primary N) is 1. The van der Waals surface area contributed by atoms with E-state index in [0.717, 1.165) is 13.0 Å². The molecule has 3 unspecified atom stereocenters.